The van der Waals surface area contributed by atoms with Gasteiger partial charge in [-0.3, -0.25) is 19.2 Å². The molecule has 0 atom stereocenters. The molecule has 2 aliphatic rings. The van der Waals surface area contributed by atoms with E-state index in [1.54, 1.807) is 23.1 Å². The summed E-state index contributed by atoms with van der Waals surface area (Å²) in [7, 11) is -0.304. The summed E-state index contributed by atoms with van der Waals surface area (Å²) in [6.07, 6.45) is 4.93. The van der Waals surface area contributed by atoms with Crippen molar-refractivity contribution in [1.29, 1.82) is 0 Å². The Bertz CT molecular complexity index is 1800. The zero-order valence-corrected chi connectivity index (χ0v) is 28.1. The average Bonchev–Trinajstić information content (AvgIpc) is 3.33. The molecule has 0 saturated carbocycles. The summed E-state index contributed by atoms with van der Waals surface area (Å²) in [6, 6.07) is 11.5. The number of hydrogen-bond donors (Lipinski definition) is 2. The molecule has 1 saturated heterocycles. The van der Waals surface area contributed by atoms with Crippen LogP contribution in [-0.2, 0) is 28.9 Å². The molecule has 1 aliphatic heterocycles. The minimum atomic E-state index is -3.61. The Balaban J connectivity index is 1.34. The van der Waals surface area contributed by atoms with E-state index >= 15 is 0 Å². The van der Waals surface area contributed by atoms with Gasteiger partial charge in [0.2, 0.25) is 10.0 Å². The molecule has 1 aliphatic carbocycles. The van der Waals surface area contributed by atoms with Gasteiger partial charge in [-0.1, -0.05) is 39.0 Å². The first-order valence-electron chi connectivity index (χ1n) is 15.3. The summed E-state index contributed by atoms with van der Waals surface area (Å²) >= 11 is 0. The topological polar surface area (TPSA) is 113 Å². The number of allylic oxidation sites excluding steroid dienone is 1. The van der Waals surface area contributed by atoms with E-state index in [2.05, 4.69) is 21.0 Å². The predicted octanol–water partition coefficient (Wildman–Crippen LogP) is 4.88. The molecule has 0 unspecified atom stereocenters. The Hall–Kier alpha value is -4.16. The number of amides is 2. The van der Waals surface area contributed by atoms with Gasteiger partial charge < -0.3 is 19.5 Å². The fourth-order valence-corrected chi connectivity index (χ4v) is 6.68. The van der Waals surface area contributed by atoms with Crippen LogP contribution in [0, 0.1) is 5.82 Å². The monoisotopic (exact) mass is 651 g/mol. The number of carbonyl (C=O) groups excluding carboxylic acids is 2. The van der Waals surface area contributed by atoms with Gasteiger partial charge in [-0.15, -0.1) is 0 Å². The standard InChI is InChI=1S/C34H42FN5O5S/c1-34(2,3)24-19-27(31(45-5)28(20-24)37-46(6,43)44)36-32(41)29-18-22-10-9-11-23(30(22)38(29)4)21-39-14-16-40(17-15-39)33(42)25-12-7-8-13-26(25)35/h7-8,11-13,18-20,37H,9-10,14-17,21H2,1-6H3,(H,36,41). The van der Waals surface area contributed by atoms with Gasteiger partial charge in [-0.2, -0.15) is 0 Å². The van der Waals surface area contributed by atoms with Crippen LogP contribution in [0.1, 0.15) is 64.9 Å². The molecule has 246 valence electrons. The third kappa shape index (κ3) is 7.13. The maximum absolute atomic E-state index is 14.2. The largest absolute Gasteiger partial charge is 0.492 e. The van der Waals surface area contributed by atoms with E-state index in [1.165, 1.54) is 19.2 Å². The first kappa shape index (κ1) is 33.2. The Morgan fingerprint density at radius 2 is 1.70 bits per heavy atom. The second-order valence-corrected chi connectivity index (χ2v) is 14.7. The number of hydrogen-bond acceptors (Lipinski definition) is 6. The third-order valence-corrected chi connectivity index (χ3v) is 9.10. The van der Waals surface area contributed by atoms with E-state index < -0.39 is 15.8 Å². The molecule has 10 nitrogen and oxygen atoms in total. The summed E-state index contributed by atoms with van der Waals surface area (Å²) in [5, 5.41) is 2.98. The normalized spacial score (nSPS) is 15.6. The number of sulfonamides is 1. The van der Waals surface area contributed by atoms with E-state index in [0.717, 1.165) is 41.5 Å². The molecular formula is C34H42FN5O5S. The fraction of sp³-hybridized carbons (Fsp3) is 0.412. The first-order chi connectivity index (χ1) is 21.7. The van der Waals surface area contributed by atoms with Gasteiger partial charge in [0, 0.05) is 45.5 Å². The van der Waals surface area contributed by atoms with Crippen molar-refractivity contribution in [2.24, 2.45) is 7.05 Å². The van der Waals surface area contributed by atoms with Crippen molar-refractivity contribution in [3.05, 3.63) is 82.4 Å². The van der Waals surface area contributed by atoms with Crippen LogP contribution in [-0.4, -0.2) is 80.7 Å². The maximum Gasteiger partial charge on any atom is 0.272 e. The van der Waals surface area contributed by atoms with Gasteiger partial charge in [0.1, 0.15) is 11.5 Å². The Kier molecular flexibility index (Phi) is 9.33. The van der Waals surface area contributed by atoms with Crippen molar-refractivity contribution < 1.29 is 27.1 Å². The SMILES string of the molecule is COc1c(NC(=O)c2cc3c(n2C)C(CN2CCN(C(=O)c4ccccc4F)CC2)=CCC3)cc(C(C)(C)C)cc1NS(C)(=O)=O. The molecule has 0 radical (unpaired) electrons. The van der Waals surface area contributed by atoms with Gasteiger partial charge in [0.05, 0.1) is 30.3 Å². The smallest absolute Gasteiger partial charge is 0.272 e. The third-order valence-electron chi connectivity index (χ3n) is 8.51. The lowest BCUT2D eigenvalue weighted by molar-refractivity contribution is 0.0647. The molecule has 0 spiro atoms. The van der Waals surface area contributed by atoms with Gasteiger partial charge >= 0.3 is 0 Å². The van der Waals surface area contributed by atoms with Gasteiger partial charge in [0.15, 0.2) is 5.75 Å². The lowest BCUT2D eigenvalue weighted by Gasteiger charge is -2.35. The minimum Gasteiger partial charge on any atom is -0.492 e. The predicted molar refractivity (Wildman–Crippen MR) is 179 cm³/mol. The number of carbonyl (C=O) groups is 2. The zero-order valence-electron chi connectivity index (χ0n) is 27.2. The molecule has 46 heavy (non-hydrogen) atoms. The van der Waals surface area contributed by atoms with Crippen LogP contribution in [0.5, 0.6) is 5.75 Å². The molecule has 12 heteroatoms. The molecule has 2 N–H and O–H groups in total. The molecule has 2 amide bonds. The highest BCUT2D eigenvalue weighted by Crippen LogP contribution is 2.39. The molecule has 5 rings (SSSR count). The molecule has 1 fully saturated rings. The van der Waals surface area contributed by atoms with Crippen LogP contribution >= 0.6 is 0 Å². The van der Waals surface area contributed by atoms with Gasteiger partial charge in [0.25, 0.3) is 11.8 Å². The van der Waals surface area contributed by atoms with Crippen molar-refractivity contribution in [2.45, 2.75) is 39.0 Å². The van der Waals surface area contributed by atoms with Gasteiger partial charge in [-0.25, -0.2) is 12.8 Å². The van der Waals surface area contributed by atoms with Crippen LogP contribution in [0.15, 0.2) is 48.5 Å². The number of halogens is 1. The van der Waals surface area contributed by atoms with Crippen LogP contribution in [0.4, 0.5) is 15.8 Å². The minimum absolute atomic E-state index is 0.0934. The zero-order chi connectivity index (χ0) is 33.4. The van der Waals surface area contributed by atoms with Gasteiger partial charge in [-0.05, 0) is 65.3 Å². The number of nitrogens with one attached hydrogen (secondary N) is 2. The summed E-state index contributed by atoms with van der Waals surface area (Å²) in [5.41, 5.74) is 4.85. The number of methoxy groups -OCH3 is 1. The summed E-state index contributed by atoms with van der Waals surface area (Å²) in [6.45, 7) is 8.98. The highest BCUT2D eigenvalue weighted by atomic mass is 32.2. The van der Waals surface area contributed by atoms with Crippen LogP contribution in [0.3, 0.4) is 0 Å². The number of piperazine rings is 1. The number of benzene rings is 2. The summed E-state index contributed by atoms with van der Waals surface area (Å²) < 4.78 is 48.5. The summed E-state index contributed by atoms with van der Waals surface area (Å²) in [5.74, 6) is -0.922. The number of aromatic nitrogens is 1. The maximum atomic E-state index is 14.2. The number of anilines is 2. The highest BCUT2D eigenvalue weighted by Gasteiger charge is 2.28. The summed E-state index contributed by atoms with van der Waals surface area (Å²) in [4.78, 5) is 30.7. The quantitative estimate of drug-likeness (QED) is 0.359. The number of aryl methyl sites for hydroxylation is 1. The average molecular weight is 652 g/mol. The second-order valence-electron chi connectivity index (χ2n) is 13.0. The number of rotatable bonds is 8. The molecule has 3 aromatic rings. The second kappa shape index (κ2) is 12.9. The van der Waals surface area contributed by atoms with Crippen molar-refractivity contribution in [2.75, 3.05) is 56.1 Å². The molecule has 0 bridgehead atoms. The lowest BCUT2D eigenvalue weighted by Crippen LogP contribution is -2.49. The van der Waals surface area contributed by atoms with E-state index in [-0.39, 0.29) is 34.2 Å². The Morgan fingerprint density at radius 3 is 2.33 bits per heavy atom. The number of fused-ring (bicyclic) bond motifs is 1. The van der Waals surface area contributed by atoms with E-state index in [4.69, 9.17) is 4.74 Å². The Labute approximate surface area is 270 Å². The molecular weight excluding hydrogens is 609 g/mol. The van der Waals surface area contributed by atoms with E-state index in [0.29, 0.717) is 44.1 Å². The van der Waals surface area contributed by atoms with Crippen LogP contribution < -0.4 is 14.8 Å². The van der Waals surface area contributed by atoms with Crippen molar-refractivity contribution >= 4 is 38.8 Å². The number of ether oxygens (including phenoxy) is 1. The van der Waals surface area contributed by atoms with Crippen molar-refractivity contribution in [3.63, 3.8) is 0 Å². The van der Waals surface area contributed by atoms with Crippen molar-refractivity contribution in [3.8, 4) is 5.75 Å². The molecule has 2 aromatic carbocycles. The van der Waals surface area contributed by atoms with E-state index in [1.807, 2.05) is 44.5 Å². The van der Waals surface area contributed by atoms with E-state index in [9.17, 15) is 22.4 Å². The first-order valence-corrected chi connectivity index (χ1v) is 17.2. The molecule has 2 heterocycles. The van der Waals surface area contributed by atoms with Crippen molar-refractivity contribution in [1.82, 2.24) is 14.4 Å². The Morgan fingerprint density at radius 1 is 1.02 bits per heavy atom. The highest BCUT2D eigenvalue weighted by molar-refractivity contribution is 7.92. The lowest BCUT2D eigenvalue weighted by atomic mass is 9.86. The van der Waals surface area contributed by atoms with Crippen LogP contribution in [0.25, 0.3) is 5.57 Å². The molecule has 1 aromatic heterocycles. The van der Waals surface area contributed by atoms with Crippen LogP contribution in [0.2, 0.25) is 0 Å². The fourth-order valence-electron chi connectivity index (χ4n) is 6.13. The number of nitrogens with zero attached hydrogens (tertiary/aromatic N) is 3.